The fourth-order valence-electron chi connectivity index (χ4n) is 12.5. The zero-order chi connectivity index (χ0) is 62.0. The molecule has 4 heterocycles. The molecule has 95 heavy (non-hydrogen) atoms. The maximum Gasteiger partial charge on any atom is 0.137 e. The first-order chi connectivity index (χ1) is 46.0. The summed E-state index contributed by atoms with van der Waals surface area (Å²) in [6, 6.07) is 118. The number of hydrogen-bond donors (Lipinski definition) is 1. The highest BCUT2D eigenvalue weighted by Crippen LogP contribution is 2.45. The molecule has 18 rings (SSSR count). The standard InChI is InChI=1S/C42H28N2OS.C24H16ClNO.C18H13NS.CH4.H2P/c1-4-12-29(13-5-1)43(30-14-6-2-7-15-30)32-21-24-39-37(26-32)35-23-20-34(28-40(35)45-39)44(31-16-8-3-9-17-31)33-22-25-42-38(27-33)36-18-10-11-19-41(36)46-42;25-17-11-13-21-22-16-20(12-14-23(22)27-24(21)15-17)26(18-7-3-1-4-8-18)19-9-5-2-6-10-19;1-2-6-13(7-3-1)19-14-10-11-18-16(12-14)15-8-4-5-9-17(15)20-18;;/h1-28H;1-16H;1-12,19H;1H4;1H2/q;;;;-1. The van der Waals surface area contributed by atoms with Gasteiger partial charge in [-0.05, 0) is 182 Å². The molecule has 460 valence electrons. The van der Waals surface area contributed by atoms with E-state index in [9.17, 15) is 0 Å². The predicted molar refractivity (Wildman–Crippen MR) is 415 cm³/mol. The highest BCUT2D eigenvalue weighted by atomic mass is 35.5. The topological polar surface area (TPSA) is 48.0 Å². The second kappa shape index (κ2) is 27.3. The van der Waals surface area contributed by atoms with Crippen LogP contribution in [0.25, 0.3) is 84.2 Å². The Kier molecular flexibility index (Phi) is 17.7. The van der Waals surface area contributed by atoms with Crippen molar-refractivity contribution in [1.29, 1.82) is 0 Å². The molecular weight excluding hydrogens is 1240 g/mol. The number of hydrogen-bond acceptors (Lipinski definition) is 8. The number of nitrogens with one attached hydrogen (secondary N) is 1. The summed E-state index contributed by atoms with van der Waals surface area (Å²) in [5.74, 6) is 0. The summed E-state index contributed by atoms with van der Waals surface area (Å²) in [5.41, 5.74) is 15.5. The maximum atomic E-state index is 6.53. The minimum absolute atomic E-state index is 0. The van der Waals surface area contributed by atoms with Crippen LogP contribution in [0.3, 0.4) is 0 Å². The Morgan fingerprint density at radius 2 is 0.579 bits per heavy atom. The van der Waals surface area contributed by atoms with E-state index in [1.807, 2.05) is 77.3 Å². The highest BCUT2D eigenvalue weighted by Gasteiger charge is 2.20. The summed E-state index contributed by atoms with van der Waals surface area (Å²) in [7, 11) is 0. The molecule has 0 aliphatic carbocycles. The Labute approximate surface area is 568 Å². The van der Waals surface area contributed by atoms with Crippen LogP contribution in [0.15, 0.2) is 349 Å². The molecule has 0 saturated heterocycles. The lowest BCUT2D eigenvalue weighted by Gasteiger charge is -2.25. The zero-order valence-electron chi connectivity index (χ0n) is 50.8. The van der Waals surface area contributed by atoms with E-state index in [4.69, 9.17) is 20.4 Å². The molecule has 0 radical (unpaired) electrons. The molecule has 0 amide bonds. The SMILES string of the molecule is C.Clc1ccc2c(c1)oc1ccc(N(c3ccccc3)c3ccccc3)cc12.[PH2-].c1ccc(N(c2ccccc2)c2ccc3oc4cc(N(c5ccccc5)c5ccc6sc7ccccc7c6c5)ccc4c3c2)cc1.c1ccc(Nc2ccc3sc4ccccc4c3c2)cc1. The van der Waals surface area contributed by atoms with Crippen molar-refractivity contribution in [3.8, 4) is 0 Å². The van der Waals surface area contributed by atoms with Gasteiger partial charge in [-0.1, -0.05) is 165 Å². The summed E-state index contributed by atoms with van der Waals surface area (Å²) in [4.78, 5) is 6.85. The van der Waals surface area contributed by atoms with Gasteiger partial charge in [0.2, 0.25) is 0 Å². The van der Waals surface area contributed by atoms with Gasteiger partial charge in [0.1, 0.15) is 22.3 Å². The normalized spacial score (nSPS) is 11.0. The Bertz CT molecular complexity index is 5570. The van der Waals surface area contributed by atoms with Crippen molar-refractivity contribution in [3.63, 3.8) is 0 Å². The molecule has 18 aromatic rings. The molecule has 0 fully saturated rings. The quantitative estimate of drug-likeness (QED) is 0.130. The van der Waals surface area contributed by atoms with Gasteiger partial charge >= 0.3 is 0 Å². The number of furan rings is 2. The van der Waals surface area contributed by atoms with Crippen molar-refractivity contribution in [3.05, 3.63) is 345 Å². The minimum Gasteiger partial charge on any atom is -0.577 e. The maximum absolute atomic E-state index is 6.53. The smallest absolute Gasteiger partial charge is 0.137 e. The molecule has 0 unspecified atom stereocenters. The van der Waals surface area contributed by atoms with E-state index in [0.29, 0.717) is 5.02 Å². The van der Waals surface area contributed by atoms with E-state index >= 15 is 0 Å². The van der Waals surface area contributed by atoms with Crippen LogP contribution in [0.5, 0.6) is 0 Å². The van der Waals surface area contributed by atoms with Gasteiger partial charge in [0.05, 0.1) is 0 Å². The fraction of sp³-hybridized carbons (Fsp3) is 0.0118. The number of halogens is 1. The lowest BCUT2D eigenvalue weighted by atomic mass is 10.1. The van der Waals surface area contributed by atoms with Crippen molar-refractivity contribution in [2.24, 2.45) is 0 Å². The molecule has 1 N–H and O–H groups in total. The summed E-state index contributed by atoms with van der Waals surface area (Å²) in [5, 5.41) is 13.7. The van der Waals surface area contributed by atoms with Crippen LogP contribution in [0.2, 0.25) is 5.02 Å². The van der Waals surface area contributed by atoms with E-state index in [-0.39, 0.29) is 17.3 Å². The lowest BCUT2D eigenvalue weighted by molar-refractivity contribution is 0.668. The predicted octanol–water partition coefficient (Wildman–Crippen LogP) is 27.4. The van der Waals surface area contributed by atoms with Gasteiger partial charge in [-0.3, -0.25) is 0 Å². The highest BCUT2D eigenvalue weighted by molar-refractivity contribution is 7.26. The van der Waals surface area contributed by atoms with E-state index in [2.05, 4.69) is 305 Å². The number of benzene rings is 14. The average Bonchev–Trinajstić information content (AvgIpc) is 1.68. The number of para-hydroxylation sites is 6. The third-order valence-electron chi connectivity index (χ3n) is 16.8. The second-order valence-electron chi connectivity index (χ2n) is 22.6. The fourth-order valence-corrected chi connectivity index (χ4v) is 14.8. The molecular formula is C85H63ClN4O2PS2-. The molecule has 0 saturated carbocycles. The van der Waals surface area contributed by atoms with Crippen molar-refractivity contribution < 1.29 is 8.83 Å². The van der Waals surface area contributed by atoms with Crippen LogP contribution < -0.4 is 20.0 Å². The first-order valence-electron chi connectivity index (χ1n) is 30.9. The summed E-state index contributed by atoms with van der Waals surface area (Å²) in [6.45, 7) is 0. The van der Waals surface area contributed by atoms with Gasteiger partial charge in [0, 0.05) is 142 Å². The van der Waals surface area contributed by atoms with Gasteiger partial charge in [-0.2, -0.15) is 0 Å². The molecule has 0 atom stereocenters. The van der Waals surface area contributed by atoms with Gasteiger partial charge < -0.3 is 38.7 Å². The molecule has 10 heteroatoms. The Balaban J connectivity index is 0.000000134. The molecule has 0 spiro atoms. The van der Waals surface area contributed by atoms with Crippen molar-refractivity contribution >= 4 is 191 Å². The lowest BCUT2D eigenvalue weighted by Crippen LogP contribution is -2.09. The van der Waals surface area contributed by atoms with Crippen LogP contribution in [-0.2, 0) is 0 Å². The van der Waals surface area contributed by atoms with E-state index in [1.165, 1.54) is 40.3 Å². The van der Waals surface area contributed by atoms with Crippen LogP contribution >= 0.6 is 44.2 Å². The largest absolute Gasteiger partial charge is 0.577 e. The summed E-state index contributed by atoms with van der Waals surface area (Å²) < 4.78 is 17.8. The molecule has 0 aliphatic heterocycles. The molecule has 6 nitrogen and oxygen atoms in total. The van der Waals surface area contributed by atoms with Gasteiger partial charge in [0.15, 0.2) is 0 Å². The zero-order valence-corrected chi connectivity index (χ0v) is 54.3. The third kappa shape index (κ3) is 12.5. The molecule has 0 aliphatic rings. The number of thiophene rings is 2. The minimum atomic E-state index is 0. The molecule has 0 bridgehead atoms. The molecule has 14 aromatic carbocycles. The van der Waals surface area contributed by atoms with Gasteiger partial charge in [-0.15, -0.1) is 22.7 Å². The monoisotopic (exact) mass is 1300 g/mol. The van der Waals surface area contributed by atoms with E-state index in [1.54, 1.807) is 0 Å². The van der Waals surface area contributed by atoms with Crippen molar-refractivity contribution in [2.75, 3.05) is 20.0 Å². The van der Waals surface area contributed by atoms with Gasteiger partial charge in [-0.25, -0.2) is 0 Å². The van der Waals surface area contributed by atoms with E-state index in [0.717, 1.165) is 106 Å². The Morgan fingerprint density at radius 1 is 0.242 bits per heavy atom. The molecule has 4 aromatic heterocycles. The van der Waals surface area contributed by atoms with Crippen LogP contribution in [0, 0.1) is 0 Å². The van der Waals surface area contributed by atoms with E-state index < -0.39 is 0 Å². The van der Waals surface area contributed by atoms with Gasteiger partial charge in [0.25, 0.3) is 0 Å². The Hall–Kier alpha value is -11.0. The number of anilines is 11. The summed E-state index contributed by atoms with van der Waals surface area (Å²) in [6.07, 6.45) is 0. The first-order valence-corrected chi connectivity index (χ1v) is 32.9. The summed E-state index contributed by atoms with van der Waals surface area (Å²) >= 11 is 9.81. The number of fused-ring (bicyclic) bond motifs is 12. The average molecular weight is 1300 g/mol. The van der Waals surface area contributed by atoms with Crippen LogP contribution in [0.1, 0.15) is 7.43 Å². The third-order valence-corrected chi connectivity index (χ3v) is 19.3. The number of nitrogens with zero attached hydrogens (tertiary/aromatic N) is 3. The van der Waals surface area contributed by atoms with Crippen LogP contribution in [0.4, 0.5) is 62.6 Å². The Morgan fingerprint density at radius 3 is 1.05 bits per heavy atom. The van der Waals surface area contributed by atoms with Crippen molar-refractivity contribution in [2.45, 2.75) is 7.43 Å². The second-order valence-corrected chi connectivity index (χ2v) is 25.3. The van der Waals surface area contributed by atoms with Crippen molar-refractivity contribution in [1.82, 2.24) is 0 Å². The number of rotatable bonds is 11. The van der Waals surface area contributed by atoms with Crippen LogP contribution in [-0.4, -0.2) is 0 Å². The first kappa shape index (κ1) is 61.5.